The maximum atomic E-state index is 12.6. The zero-order valence-electron chi connectivity index (χ0n) is 18.2. The normalized spacial score (nSPS) is 22.0. The molecule has 0 aliphatic carbocycles. The van der Waals surface area contributed by atoms with Gasteiger partial charge in [-0.3, -0.25) is 14.5 Å². The average molecular weight is 440 g/mol. The molecule has 2 aliphatic rings. The minimum absolute atomic E-state index is 0.110. The first-order chi connectivity index (χ1) is 15.5. The van der Waals surface area contributed by atoms with E-state index in [1.807, 2.05) is 54.3 Å². The molecule has 1 amide bonds. The summed E-state index contributed by atoms with van der Waals surface area (Å²) in [4.78, 5) is 27.0. The highest BCUT2D eigenvalue weighted by molar-refractivity contribution is 5.79. The number of fused-ring (bicyclic) bond motifs is 1. The molecule has 0 unspecified atom stereocenters. The van der Waals surface area contributed by atoms with Gasteiger partial charge in [0.05, 0.1) is 19.6 Å². The average Bonchev–Trinajstić information content (AvgIpc) is 3.42. The number of likely N-dealkylation sites (tertiary alicyclic amines) is 1. The number of rotatable bonds is 8. The highest BCUT2D eigenvalue weighted by Gasteiger charge is 2.48. The number of hydrogen-bond donors (Lipinski definition) is 2. The Labute approximate surface area is 187 Å². The number of benzene rings is 2. The summed E-state index contributed by atoms with van der Waals surface area (Å²) in [7, 11) is 1.59. The van der Waals surface area contributed by atoms with Crippen LogP contribution >= 0.6 is 0 Å². The van der Waals surface area contributed by atoms with Crippen molar-refractivity contribution in [3.63, 3.8) is 0 Å². The number of carboxylic acid groups (broad SMARTS) is 1. The maximum absolute atomic E-state index is 12.6. The zero-order chi connectivity index (χ0) is 22.7. The third-order valence-electron chi connectivity index (χ3n) is 6.08. The van der Waals surface area contributed by atoms with Crippen LogP contribution in [0.2, 0.25) is 0 Å². The van der Waals surface area contributed by atoms with E-state index >= 15 is 0 Å². The number of carboxylic acids is 1. The van der Waals surface area contributed by atoms with Gasteiger partial charge in [0.2, 0.25) is 12.7 Å². The number of carbonyl (C=O) groups is 2. The molecule has 1 saturated heterocycles. The van der Waals surface area contributed by atoms with Gasteiger partial charge in [-0.15, -0.1) is 0 Å². The van der Waals surface area contributed by atoms with Crippen molar-refractivity contribution in [2.75, 3.05) is 33.5 Å². The standard InChI is InChI=1S/C24H28N2O6/c1-3-10-25-21(27)13-26-12-18(16-6-9-19-20(11-16)32-14-31-19)22(24(28)29)23(26)15-4-7-17(30-2)8-5-15/h4-9,11,18,22-23H,3,10,12-14H2,1-2H3,(H,25,27)(H,28,29)/t18-,22+,23-/m1/s1. The van der Waals surface area contributed by atoms with Crippen molar-refractivity contribution in [1.29, 1.82) is 0 Å². The van der Waals surface area contributed by atoms with Crippen molar-refractivity contribution in [2.45, 2.75) is 25.3 Å². The molecular weight excluding hydrogens is 412 g/mol. The van der Waals surface area contributed by atoms with Gasteiger partial charge >= 0.3 is 5.97 Å². The fourth-order valence-electron chi connectivity index (χ4n) is 4.58. The molecule has 1 fully saturated rings. The van der Waals surface area contributed by atoms with Crippen LogP contribution in [-0.2, 0) is 9.59 Å². The number of carbonyl (C=O) groups excluding carboxylic acids is 1. The minimum atomic E-state index is -0.898. The Kier molecular flexibility index (Phi) is 6.50. The number of hydrogen-bond acceptors (Lipinski definition) is 6. The van der Waals surface area contributed by atoms with Crippen molar-refractivity contribution in [3.05, 3.63) is 53.6 Å². The SMILES string of the molecule is CCCNC(=O)CN1C[C@H](c2ccc3c(c2)OCO3)[C@H](C(=O)O)[C@H]1c1ccc(OC)cc1. The quantitative estimate of drug-likeness (QED) is 0.651. The molecule has 32 heavy (non-hydrogen) atoms. The lowest BCUT2D eigenvalue weighted by atomic mass is 9.82. The predicted octanol–water partition coefficient (Wildman–Crippen LogP) is 2.79. The van der Waals surface area contributed by atoms with Gasteiger partial charge in [-0.1, -0.05) is 25.1 Å². The van der Waals surface area contributed by atoms with Crippen LogP contribution in [0.5, 0.6) is 17.2 Å². The monoisotopic (exact) mass is 440 g/mol. The predicted molar refractivity (Wildman–Crippen MR) is 117 cm³/mol. The lowest BCUT2D eigenvalue weighted by Gasteiger charge is -2.27. The first kappa shape index (κ1) is 22.0. The Morgan fingerprint density at radius 2 is 1.84 bits per heavy atom. The van der Waals surface area contributed by atoms with Gasteiger partial charge in [-0.25, -0.2) is 0 Å². The van der Waals surface area contributed by atoms with Gasteiger partial charge in [0.25, 0.3) is 0 Å². The van der Waals surface area contributed by atoms with Crippen molar-refractivity contribution in [3.8, 4) is 17.2 Å². The molecule has 2 N–H and O–H groups in total. The van der Waals surface area contributed by atoms with Crippen LogP contribution in [0.25, 0.3) is 0 Å². The number of aliphatic carboxylic acids is 1. The molecule has 0 spiro atoms. The molecule has 4 rings (SSSR count). The van der Waals surface area contributed by atoms with Crippen LogP contribution in [0.15, 0.2) is 42.5 Å². The lowest BCUT2D eigenvalue weighted by Crippen LogP contribution is -2.38. The van der Waals surface area contributed by atoms with Gasteiger partial charge in [0.1, 0.15) is 5.75 Å². The Morgan fingerprint density at radius 3 is 2.53 bits per heavy atom. The summed E-state index contributed by atoms with van der Waals surface area (Å²) in [6.45, 7) is 3.30. The summed E-state index contributed by atoms with van der Waals surface area (Å²) in [6, 6.07) is 12.5. The Balaban J connectivity index is 1.69. The maximum Gasteiger partial charge on any atom is 0.309 e. The molecule has 8 heteroatoms. The summed E-state index contributed by atoms with van der Waals surface area (Å²) in [6.07, 6.45) is 0.839. The molecule has 8 nitrogen and oxygen atoms in total. The lowest BCUT2D eigenvalue weighted by molar-refractivity contribution is -0.143. The highest BCUT2D eigenvalue weighted by Crippen LogP contribution is 2.47. The molecule has 0 aromatic heterocycles. The van der Waals surface area contributed by atoms with Gasteiger partial charge < -0.3 is 24.6 Å². The van der Waals surface area contributed by atoms with E-state index in [0.29, 0.717) is 30.3 Å². The fraction of sp³-hybridized carbons (Fsp3) is 0.417. The Morgan fingerprint density at radius 1 is 1.12 bits per heavy atom. The summed E-state index contributed by atoms with van der Waals surface area (Å²) < 4.78 is 16.2. The van der Waals surface area contributed by atoms with Crippen LogP contribution < -0.4 is 19.5 Å². The van der Waals surface area contributed by atoms with Crippen molar-refractivity contribution in [1.82, 2.24) is 10.2 Å². The van der Waals surface area contributed by atoms with Crippen LogP contribution in [0, 0.1) is 5.92 Å². The Bertz CT molecular complexity index is 977. The molecule has 3 atom stereocenters. The highest BCUT2D eigenvalue weighted by atomic mass is 16.7. The van der Waals surface area contributed by atoms with E-state index < -0.39 is 17.9 Å². The van der Waals surface area contributed by atoms with E-state index in [4.69, 9.17) is 14.2 Å². The van der Waals surface area contributed by atoms with Gasteiger partial charge in [-0.2, -0.15) is 0 Å². The first-order valence-electron chi connectivity index (χ1n) is 10.8. The number of methoxy groups -OCH3 is 1. The second-order valence-electron chi connectivity index (χ2n) is 8.08. The van der Waals surface area contributed by atoms with Crippen LogP contribution in [0.3, 0.4) is 0 Å². The van der Waals surface area contributed by atoms with Crippen molar-refractivity contribution in [2.24, 2.45) is 5.92 Å². The van der Waals surface area contributed by atoms with E-state index in [2.05, 4.69) is 5.32 Å². The van der Waals surface area contributed by atoms with E-state index in [1.54, 1.807) is 7.11 Å². The second-order valence-corrected chi connectivity index (χ2v) is 8.08. The van der Waals surface area contributed by atoms with E-state index in [0.717, 1.165) is 17.5 Å². The first-order valence-corrected chi connectivity index (χ1v) is 10.8. The van der Waals surface area contributed by atoms with E-state index in [9.17, 15) is 14.7 Å². The van der Waals surface area contributed by atoms with Crippen LogP contribution in [0.1, 0.15) is 36.4 Å². The van der Waals surface area contributed by atoms with E-state index in [-0.39, 0.29) is 25.2 Å². The van der Waals surface area contributed by atoms with Gasteiger partial charge in [0.15, 0.2) is 11.5 Å². The molecular formula is C24H28N2O6. The Hall–Kier alpha value is -3.26. The van der Waals surface area contributed by atoms with E-state index in [1.165, 1.54) is 0 Å². The molecule has 0 saturated carbocycles. The third-order valence-corrected chi connectivity index (χ3v) is 6.08. The third kappa shape index (κ3) is 4.36. The summed E-state index contributed by atoms with van der Waals surface area (Å²) in [5.41, 5.74) is 1.70. The molecule has 2 aliphatic heterocycles. The van der Waals surface area contributed by atoms with Gasteiger partial charge in [0, 0.05) is 25.0 Å². The summed E-state index contributed by atoms with van der Waals surface area (Å²) in [5, 5.41) is 13.2. The van der Waals surface area contributed by atoms with Gasteiger partial charge in [-0.05, 0) is 41.8 Å². The topological polar surface area (TPSA) is 97.3 Å². The smallest absolute Gasteiger partial charge is 0.309 e. The number of nitrogens with zero attached hydrogens (tertiary/aromatic N) is 1. The molecule has 0 radical (unpaired) electrons. The second kappa shape index (κ2) is 9.48. The molecule has 2 aromatic carbocycles. The molecule has 2 aromatic rings. The number of ether oxygens (including phenoxy) is 3. The number of amides is 1. The fourth-order valence-corrected chi connectivity index (χ4v) is 4.58. The van der Waals surface area contributed by atoms with Crippen molar-refractivity contribution < 1.29 is 28.9 Å². The number of nitrogens with one attached hydrogen (secondary N) is 1. The van der Waals surface area contributed by atoms with Crippen molar-refractivity contribution >= 4 is 11.9 Å². The minimum Gasteiger partial charge on any atom is -0.497 e. The molecule has 2 heterocycles. The summed E-state index contributed by atoms with van der Waals surface area (Å²) >= 11 is 0. The molecule has 170 valence electrons. The zero-order valence-corrected chi connectivity index (χ0v) is 18.2. The largest absolute Gasteiger partial charge is 0.497 e. The van der Waals surface area contributed by atoms with Crippen LogP contribution in [0.4, 0.5) is 0 Å². The van der Waals surface area contributed by atoms with Crippen LogP contribution in [-0.4, -0.2) is 55.4 Å². The summed E-state index contributed by atoms with van der Waals surface area (Å²) in [5.74, 6) is -0.0901. The molecule has 0 bridgehead atoms.